The summed E-state index contributed by atoms with van der Waals surface area (Å²) in [6.45, 7) is 6.54. The number of quaternary nitrogens is 1. The second-order valence-corrected chi connectivity index (χ2v) is 10.7. The van der Waals surface area contributed by atoms with Crippen molar-refractivity contribution in [3.05, 3.63) is 0 Å². The van der Waals surface area contributed by atoms with E-state index in [1.165, 1.54) is 119 Å². The smallest absolute Gasteiger partial charge is 0.325 e. The maximum atomic E-state index is 9.33. The summed E-state index contributed by atoms with van der Waals surface area (Å²) in [4.78, 5) is 0. The fraction of sp³-hybridized carbons (Fsp3) is 1.00. The molecule has 0 radical (unpaired) electrons. The van der Waals surface area contributed by atoms with Crippen molar-refractivity contribution in [1.29, 1.82) is 0 Å². The van der Waals surface area contributed by atoms with Crippen LogP contribution in [0.3, 0.4) is 0 Å². The SMILES string of the molecule is CCCCCCCCCCCCCCC[N+]1(C)CCSCC1.COS(=O)(=O)O. The van der Waals surface area contributed by atoms with E-state index >= 15 is 0 Å². The predicted octanol–water partition coefficient (Wildman–Crippen LogP) is 5.71. The van der Waals surface area contributed by atoms with Crippen molar-refractivity contribution in [2.24, 2.45) is 0 Å². The Bertz CT molecular complexity index is 438. The van der Waals surface area contributed by atoms with Gasteiger partial charge < -0.3 is 4.48 Å². The molecule has 1 fully saturated rings. The molecule has 0 unspecified atom stereocenters. The van der Waals surface area contributed by atoms with Gasteiger partial charge >= 0.3 is 10.4 Å². The van der Waals surface area contributed by atoms with Crippen molar-refractivity contribution in [3.8, 4) is 0 Å². The van der Waals surface area contributed by atoms with Gasteiger partial charge in [-0.05, 0) is 12.8 Å². The molecule has 1 heterocycles. The van der Waals surface area contributed by atoms with E-state index in [4.69, 9.17) is 4.55 Å². The first-order valence-corrected chi connectivity index (χ1v) is 13.8. The van der Waals surface area contributed by atoms with Gasteiger partial charge in [0.15, 0.2) is 0 Å². The first-order chi connectivity index (χ1) is 13.3. The maximum Gasteiger partial charge on any atom is 0.397 e. The lowest BCUT2D eigenvalue weighted by atomic mass is 10.0. The largest absolute Gasteiger partial charge is 0.397 e. The van der Waals surface area contributed by atoms with Crippen molar-refractivity contribution in [2.45, 2.75) is 90.4 Å². The topological polar surface area (TPSA) is 63.6 Å². The number of hydrogen-bond donors (Lipinski definition) is 1. The van der Waals surface area contributed by atoms with Crippen LogP contribution in [0, 0.1) is 0 Å². The van der Waals surface area contributed by atoms with E-state index in [-0.39, 0.29) is 0 Å². The summed E-state index contributed by atoms with van der Waals surface area (Å²) in [5.74, 6) is 2.77. The molecule has 7 heteroatoms. The van der Waals surface area contributed by atoms with Crippen molar-refractivity contribution >= 4 is 22.2 Å². The van der Waals surface area contributed by atoms with E-state index < -0.39 is 10.4 Å². The van der Waals surface area contributed by atoms with Gasteiger partial charge in [-0.15, -0.1) is 0 Å². The number of rotatable bonds is 15. The maximum absolute atomic E-state index is 9.33. The predicted molar refractivity (Wildman–Crippen MR) is 122 cm³/mol. The Morgan fingerprint density at radius 3 is 1.54 bits per heavy atom. The zero-order valence-corrected chi connectivity index (χ0v) is 20.3. The highest BCUT2D eigenvalue weighted by Gasteiger charge is 2.23. The molecule has 0 saturated carbocycles. The molecule has 5 nitrogen and oxygen atoms in total. The molecule has 1 aliphatic heterocycles. The van der Waals surface area contributed by atoms with Gasteiger partial charge in [-0.25, -0.2) is 0 Å². The Morgan fingerprint density at radius 1 is 0.821 bits per heavy atom. The average Bonchev–Trinajstić information content (AvgIpc) is 2.66. The molecular formula is C21H46NO4S2+. The Kier molecular flexibility index (Phi) is 18.1. The molecule has 0 aliphatic carbocycles. The third-order valence-corrected chi connectivity index (χ3v) is 6.93. The second kappa shape index (κ2) is 18.0. The minimum absolute atomic E-state index is 0.870. The first kappa shape index (κ1) is 28.2. The molecule has 1 rings (SSSR count). The molecule has 170 valence electrons. The highest BCUT2D eigenvalue weighted by Crippen LogP contribution is 2.18. The summed E-state index contributed by atoms with van der Waals surface area (Å²) >= 11 is 2.14. The van der Waals surface area contributed by atoms with Crippen LogP contribution in [-0.2, 0) is 14.6 Å². The van der Waals surface area contributed by atoms with Crippen LogP contribution >= 0.6 is 11.8 Å². The third-order valence-electron chi connectivity index (χ3n) is 5.56. The lowest BCUT2D eigenvalue weighted by Gasteiger charge is -2.37. The fourth-order valence-corrected chi connectivity index (χ4v) is 4.86. The van der Waals surface area contributed by atoms with E-state index in [0.29, 0.717) is 0 Å². The summed E-state index contributed by atoms with van der Waals surface area (Å²) in [7, 11) is -0.819. The molecule has 28 heavy (non-hydrogen) atoms. The van der Waals surface area contributed by atoms with Gasteiger partial charge in [0.05, 0.1) is 33.8 Å². The Balaban J connectivity index is 0.00000105. The fourth-order valence-electron chi connectivity index (χ4n) is 3.52. The van der Waals surface area contributed by atoms with Crippen molar-refractivity contribution in [1.82, 2.24) is 0 Å². The number of nitrogens with zero attached hydrogens (tertiary/aromatic N) is 1. The zero-order chi connectivity index (χ0) is 21.1. The van der Waals surface area contributed by atoms with Crippen molar-refractivity contribution in [2.75, 3.05) is 45.3 Å². The normalized spacial score (nSPS) is 16.4. The Labute approximate surface area is 179 Å². The lowest BCUT2D eigenvalue weighted by Crippen LogP contribution is -2.50. The highest BCUT2D eigenvalue weighted by atomic mass is 32.3. The Hall–Kier alpha value is 0.180. The van der Waals surface area contributed by atoms with Crippen LogP contribution in [0.15, 0.2) is 0 Å². The first-order valence-electron chi connectivity index (χ1n) is 11.3. The van der Waals surface area contributed by atoms with Crippen LogP contribution in [-0.4, -0.2) is 62.8 Å². The monoisotopic (exact) mass is 440 g/mol. The molecule has 0 aromatic heterocycles. The minimum Gasteiger partial charge on any atom is -0.325 e. The molecule has 0 bridgehead atoms. The van der Waals surface area contributed by atoms with Crippen molar-refractivity contribution in [3.63, 3.8) is 0 Å². The molecular weight excluding hydrogens is 394 g/mol. The zero-order valence-electron chi connectivity index (χ0n) is 18.7. The van der Waals surface area contributed by atoms with Crippen LogP contribution in [0.1, 0.15) is 90.4 Å². The summed E-state index contributed by atoms with van der Waals surface area (Å²) in [5, 5.41) is 0. The van der Waals surface area contributed by atoms with Gasteiger partial charge in [0.25, 0.3) is 0 Å². The average molecular weight is 441 g/mol. The van der Waals surface area contributed by atoms with Crippen LogP contribution in [0.2, 0.25) is 0 Å². The number of unbranched alkanes of at least 4 members (excludes halogenated alkanes) is 12. The standard InChI is InChI=1S/C20H42NS.CH4O4S/c1-3-4-5-6-7-8-9-10-11-12-13-14-15-16-21(2)17-19-22-20-18-21;1-5-6(2,3)4/h3-20H2,1-2H3;1H3,(H,2,3,4)/q+1;. The number of thioether (sulfide) groups is 1. The minimum atomic E-state index is -4.16. The molecule has 0 atom stereocenters. The highest BCUT2D eigenvalue weighted by molar-refractivity contribution is 7.99. The molecule has 0 spiro atoms. The summed E-state index contributed by atoms with van der Waals surface area (Å²) in [6, 6.07) is 0. The van der Waals surface area contributed by atoms with Crippen LogP contribution in [0.25, 0.3) is 0 Å². The van der Waals surface area contributed by atoms with Crippen LogP contribution < -0.4 is 0 Å². The summed E-state index contributed by atoms with van der Waals surface area (Å²) < 4.78 is 31.1. The van der Waals surface area contributed by atoms with Gasteiger partial charge in [0, 0.05) is 11.5 Å². The summed E-state index contributed by atoms with van der Waals surface area (Å²) in [6.07, 6.45) is 19.1. The van der Waals surface area contributed by atoms with E-state index in [2.05, 4.69) is 29.9 Å². The van der Waals surface area contributed by atoms with E-state index in [0.717, 1.165) is 7.11 Å². The van der Waals surface area contributed by atoms with Gasteiger partial charge in [0.1, 0.15) is 0 Å². The molecule has 1 aliphatic rings. The van der Waals surface area contributed by atoms with Gasteiger partial charge in [-0.1, -0.05) is 77.6 Å². The van der Waals surface area contributed by atoms with Gasteiger partial charge in [-0.2, -0.15) is 20.2 Å². The molecule has 0 aromatic rings. The quantitative estimate of drug-likeness (QED) is 0.201. The molecule has 0 amide bonds. The Morgan fingerprint density at radius 2 is 1.18 bits per heavy atom. The van der Waals surface area contributed by atoms with Gasteiger partial charge in [-0.3, -0.25) is 8.74 Å². The second-order valence-electron chi connectivity index (χ2n) is 8.24. The third kappa shape index (κ3) is 19.5. The van der Waals surface area contributed by atoms with Crippen molar-refractivity contribution < 1.29 is 21.6 Å². The van der Waals surface area contributed by atoms with Crippen LogP contribution in [0.5, 0.6) is 0 Å². The lowest BCUT2D eigenvalue weighted by molar-refractivity contribution is -0.906. The van der Waals surface area contributed by atoms with Crippen LogP contribution in [0.4, 0.5) is 0 Å². The molecule has 1 N–H and O–H groups in total. The van der Waals surface area contributed by atoms with E-state index in [1.54, 1.807) is 0 Å². The van der Waals surface area contributed by atoms with E-state index in [1.807, 2.05) is 0 Å². The molecule has 1 saturated heterocycles. The van der Waals surface area contributed by atoms with Gasteiger partial charge in [0.2, 0.25) is 0 Å². The summed E-state index contributed by atoms with van der Waals surface area (Å²) in [5.41, 5.74) is 0. The number of hydrogen-bond acceptors (Lipinski definition) is 4. The molecule has 0 aromatic carbocycles. The van der Waals surface area contributed by atoms with E-state index in [9.17, 15) is 8.42 Å².